The lowest BCUT2D eigenvalue weighted by molar-refractivity contribution is 0.0178. The van der Waals surface area contributed by atoms with Crippen molar-refractivity contribution in [2.75, 3.05) is 13.2 Å². The van der Waals surface area contributed by atoms with Crippen LogP contribution in [0.25, 0.3) is 0 Å². The molecule has 0 fully saturated rings. The zero-order valence-electron chi connectivity index (χ0n) is 15.2. The maximum absolute atomic E-state index is 8.82. The molecule has 132 valence electrons. The molecule has 0 spiro atoms. The molecule has 0 aromatic heterocycles. The lowest BCUT2D eigenvalue weighted by atomic mass is 10.1. The minimum absolute atomic E-state index is 0.140. The molecule has 22 heavy (non-hydrogen) atoms. The van der Waals surface area contributed by atoms with Gasteiger partial charge in [0.1, 0.15) is 0 Å². The molecule has 1 unspecified atom stereocenters. The van der Waals surface area contributed by atoms with Crippen LogP contribution >= 0.6 is 0 Å². The Balaban J connectivity index is 3.37. The standard InChI is InChI=1S/C20H40O2/c1-3-5-6-7-8-9-10-11-12-13-14-15-17-20(16-4-2)22-19-18-21/h11-12,20-21H,3-10,13-19H2,1-2H3/b12-11-. The van der Waals surface area contributed by atoms with E-state index in [2.05, 4.69) is 26.0 Å². The molecular weight excluding hydrogens is 272 g/mol. The number of aliphatic hydroxyl groups excluding tert-OH is 1. The first-order valence-electron chi connectivity index (χ1n) is 9.72. The van der Waals surface area contributed by atoms with E-state index in [9.17, 15) is 0 Å². The third-order valence-electron chi connectivity index (χ3n) is 4.09. The van der Waals surface area contributed by atoms with Gasteiger partial charge in [-0.05, 0) is 38.5 Å². The monoisotopic (exact) mass is 312 g/mol. The van der Waals surface area contributed by atoms with Gasteiger partial charge >= 0.3 is 0 Å². The van der Waals surface area contributed by atoms with E-state index < -0.39 is 0 Å². The van der Waals surface area contributed by atoms with Crippen molar-refractivity contribution in [3.63, 3.8) is 0 Å². The molecule has 1 atom stereocenters. The van der Waals surface area contributed by atoms with E-state index in [0.29, 0.717) is 12.7 Å². The fourth-order valence-electron chi connectivity index (χ4n) is 2.76. The largest absolute Gasteiger partial charge is 0.394 e. The average Bonchev–Trinajstić information content (AvgIpc) is 2.53. The van der Waals surface area contributed by atoms with Gasteiger partial charge in [0.25, 0.3) is 0 Å². The third kappa shape index (κ3) is 16.0. The van der Waals surface area contributed by atoms with Crippen molar-refractivity contribution in [1.29, 1.82) is 0 Å². The van der Waals surface area contributed by atoms with E-state index in [1.165, 1.54) is 64.2 Å². The Kier molecular flexibility index (Phi) is 18.4. The van der Waals surface area contributed by atoms with Gasteiger partial charge in [-0.1, -0.05) is 70.9 Å². The van der Waals surface area contributed by atoms with Crippen molar-refractivity contribution in [2.24, 2.45) is 0 Å². The SMILES string of the molecule is CCCCCCCC/C=C\CCCCC(CCC)OCCO. The van der Waals surface area contributed by atoms with Crippen LogP contribution < -0.4 is 0 Å². The van der Waals surface area contributed by atoms with Crippen LogP contribution in [0, 0.1) is 0 Å². The smallest absolute Gasteiger partial charge is 0.0701 e. The van der Waals surface area contributed by atoms with Crippen LogP contribution in [0.15, 0.2) is 12.2 Å². The van der Waals surface area contributed by atoms with E-state index >= 15 is 0 Å². The first-order valence-corrected chi connectivity index (χ1v) is 9.72. The third-order valence-corrected chi connectivity index (χ3v) is 4.09. The van der Waals surface area contributed by atoms with Crippen molar-refractivity contribution >= 4 is 0 Å². The molecule has 1 N–H and O–H groups in total. The molecule has 0 saturated heterocycles. The van der Waals surface area contributed by atoms with E-state index in [1.54, 1.807) is 0 Å². The van der Waals surface area contributed by atoms with Crippen LogP contribution in [-0.2, 0) is 4.74 Å². The van der Waals surface area contributed by atoms with Gasteiger partial charge in [0.15, 0.2) is 0 Å². The van der Waals surface area contributed by atoms with Crippen molar-refractivity contribution in [3.05, 3.63) is 12.2 Å². The second-order valence-corrected chi connectivity index (χ2v) is 6.32. The number of ether oxygens (including phenoxy) is 1. The van der Waals surface area contributed by atoms with Gasteiger partial charge < -0.3 is 9.84 Å². The van der Waals surface area contributed by atoms with Crippen molar-refractivity contribution in [2.45, 2.75) is 103 Å². The molecule has 2 nitrogen and oxygen atoms in total. The normalized spacial score (nSPS) is 13.0. The summed E-state index contributed by atoms with van der Waals surface area (Å²) in [5.41, 5.74) is 0. The molecule has 0 aliphatic rings. The molecule has 0 bridgehead atoms. The molecular formula is C20H40O2. The topological polar surface area (TPSA) is 29.5 Å². The summed E-state index contributed by atoms with van der Waals surface area (Å²) >= 11 is 0. The van der Waals surface area contributed by atoms with Crippen molar-refractivity contribution in [1.82, 2.24) is 0 Å². The summed E-state index contributed by atoms with van der Waals surface area (Å²) in [5.74, 6) is 0. The van der Waals surface area contributed by atoms with Gasteiger partial charge in [-0.15, -0.1) is 0 Å². The zero-order valence-corrected chi connectivity index (χ0v) is 15.2. The number of aliphatic hydroxyl groups is 1. The Morgan fingerprint density at radius 3 is 2.05 bits per heavy atom. The molecule has 0 aliphatic heterocycles. The number of allylic oxidation sites excluding steroid dienone is 2. The molecule has 0 rings (SSSR count). The fourth-order valence-corrected chi connectivity index (χ4v) is 2.76. The Hall–Kier alpha value is -0.340. The summed E-state index contributed by atoms with van der Waals surface area (Å²) in [4.78, 5) is 0. The minimum atomic E-state index is 0.140. The van der Waals surface area contributed by atoms with Crippen LogP contribution in [-0.4, -0.2) is 24.4 Å². The maximum atomic E-state index is 8.82. The highest BCUT2D eigenvalue weighted by molar-refractivity contribution is 4.81. The van der Waals surface area contributed by atoms with Gasteiger partial charge in [0.05, 0.1) is 19.3 Å². The number of rotatable bonds is 17. The Bertz CT molecular complexity index is 226. The molecule has 0 amide bonds. The summed E-state index contributed by atoms with van der Waals surface area (Å²) in [5, 5.41) is 8.82. The van der Waals surface area contributed by atoms with Crippen molar-refractivity contribution in [3.8, 4) is 0 Å². The second kappa shape index (κ2) is 18.7. The lowest BCUT2D eigenvalue weighted by Gasteiger charge is -2.16. The highest BCUT2D eigenvalue weighted by Gasteiger charge is 2.06. The number of unbranched alkanes of at least 4 members (excludes halogenated alkanes) is 8. The maximum Gasteiger partial charge on any atom is 0.0701 e. The Morgan fingerprint density at radius 2 is 1.41 bits per heavy atom. The van der Waals surface area contributed by atoms with Gasteiger partial charge in [-0.25, -0.2) is 0 Å². The van der Waals surface area contributed by atoms with Crippen molar-refractivity contribution < 1.29 is 9.84 Å². The Labute approximate surface area is 139 Å². The van der Waals surface area contributed by atoms with Gasteiger partial charge in [0, 0.05) is 0 Å². The summed E-state index contributed by atoms with van der Waals surface area (Å²) in [6, 6.07) is 0. The van der Waals surface area contributed by atoms with Crippen LogP contribution in [0.2, 0.25) is 0 Å². The zero-order chi connectivity index (χ0) is 16.3. The highest BCUT2D eigenvalue weighted by Crippen LogP contribution is 2.13. The van der Waals surface area contributed by atoms with Gasteiger partial charge in [-0.2, -0.15) is 0 Å². The molecule has 0 aromatic rings. The number of hydrogen-bond donors (Lipinski definition) is 1. The summed E-state index contributed by atoms with van der Waals surface area (Å²) < 4.78 is 5.66. The minimum Gasteiger partial charge on any atom is -0.394 e. The average molecular weight is 313 g/mol. The molecule has 0 aliphatic carbocycles. The van der Waals surface area contributed by atoms with Crippen LogP contribution in [0.1, 0.15) is 97.3 Å². The van der Waals surface area contributed by atoms with Crippen LogP contribution in [0.3, 0.4) is 0 Å². The van der Waals surface area contributed by atoms with E-state index in [1.807, 2.05) is 0 Å². The van der Waals surface area contributed by atoms with Crippen LogP contribution in [0.5, 0.6) is 0 Å². The predicted octanol–water partition coefficient (Wildman–Crippen LogP) is 6.03. The molecule has 2 heteroatoms. The number of hydrogen-bond acceptors (Lipinski definition) is 2. The molecule has 0 saturated carbocycles. The lowest BCUT2D eigenvalue weighted by Crippen LogP contribution is -2.15. The van der Waals surface area contributed by atoms with Gasteiger partial charge in [-0.3, -0.25) is 0 Å². The predicted molar refractivity (Wildman–Crippen MR) is 97.3 cm³/mol. The Morgan fingerprint density at radius 1 is 0.773 bits per heavy atom. The summed E-state index contributed by atoms with van der Waals surface area (Å²) in [6.07, 6.45) is 21.8. The van der Waals surface area contributed by atoms with E-state index in [0.717, 1.165) is 19.3 Å². The molecule has 0 aromatic carbocycles. The highest BCUT2D eigenvalue weighted by atomic mass is 16.5. The quantitative estimate of drug-likeness (QED) is 0.262. The fraction of sp³-hybridized carbons (Fsp3) is 0.900. The first-order chi connectivity index (χ1) is 10.8. The molecule has 0 heterocycles. The molecule has 0 radical (unpaired) electrons. The second-order valence-electron chi connectivity index (χ2n) is 6.32. The van der Waals surface area contributed by atoms with E-state index in [4.69, 9.17) is 9.84 Å². The summed E-state index contributed by atoms with van der Waals surface area (Å²) in [6.45, 7) is 5.09. The van der Waals surface area contributed by atoms with Gasteiger partial charge in [0.2, 0.25) is 0 Å². The summed E-state index contributed by atoms with van der Waals surface area (Å²) in [7, 11) is 0. The van der Waals surface area contributed by atoms with Crippen LogP contribution in [0.4, 0.5) is 0 Å². The first kappa shape index (κ1) is 21.7. The van der Waals surface area contributed by atoms with E-state index in [-0.39, 0.29) is 6.61 Å².